The van der Waals surface area contributed by atoms with Gasteiger partial charge in [0.15, 0.2) is 0 Å². The molecule has 1 aromatic heterocycles. The van der Waals surface area contributed by atoms with Gasteiger partial charge >= 0.3 is 0 Å². The van der Waals surface area contributed by atoms with E-state index in [1.807, 2.05) is 6.20 Å². The summed E-state index contributed by atoms with van der Waals surface area (Å²) in [5, 5.41) is 7.06. The van der Waals surface area contributed by atoms with E-state index in [0.29, 0.717) is 0 Å². The largest absolute Gasteiger partial charge is 0.282 e. The van der Waals surface area contributed by atoms with Crippen LogP contribution >= 0.6 is 22.9 Å². The first-order chi connectivity index (χ1) is 5.36. The van der Waals surface area contributed by atoms with Crippen molar-refractivity contribution in [3.63, 3.8) is 0 Å². The maximum Gasteiger partial charge on any atom is 0.0522 e. The third-order valence-electron chi connectivity index (χ3n) is 2.04. The fourth-order valence-corrected chi connectivity index (χ4v) is 1.84. The molecule has 0 aliphatic carbocycles. The summed E-state index contributed by atoms with van der Waals surface area (Å²) in [4.78, 5) is 0. The summed E-state index contributed by atoms with van der Waals surface area (Å²) in [7, 11) is 0. The van der Waals surface area contributed by atoms with E-state index < -0.39 is 0 Å². The van der Waals surface area contributed by atoms with Crippen LogP contribution in [-0.2, 0) is 12.8 Å². The first kappa shape index (κ1) is 7.54. The van der Waals surface area contributed by atoms with E-state index in [2.05, 4.69) is 36.2 Å². The maximum absolute atomic E-state index is 4.02. The molecule has 0 saturated carbocycles. The molecule has 0 unspecified atom stereocenters. The third kappa shape index (κ3) is 1.56. The van der Waals surface area contributed by atoms with Crippen LogP contribution in [0.3, 0.4) is 0 Å². The van der Waals surface area contributed by atoms with Gasteiger partial charge in [0.25, 0.3) is 0 Å². The highest BCUT2D eigenvalue weighted by molar-refractivity contribution is 14.1. The second-order valence-electron chi connectivity index (χ2n) is 2.78. The van der Waals surface area contributed by atoms with Crippen molar-refractivity contribution in [1.82, 2.24) is 13.3 Å². The van der Waals surface area contributed by atoms with Gasteiger partial charge in [-0.25, -0.2) is 3.11 Å². The Balaban J connectivity index is 2.20. The van der Waals surface area contributed by atoms with Gasteiger partial charge in [-0.1, -0.05) is 0 Å². The van der Waals surface area contributed by atoms with Gasteiger partial charge in [0.2, 0.25) is 0 Å². The Bertz CT molecular complexity index is 223. The van der Waals surface area contributed by atoms with Crippen molar-refractivity contribution in [3.8, 4) is 0 Å². The second-order valence-corrected chi connectivity index (χ2v) is 4.15. The summed E-state index contributed by atoms with van der Waals surface area (Å²) in [6.07, 6.45) is 4.19. The predicted molar refractivity (Wildman–Crippen MR) is 51.6 cm³/mol. The van der Waals surface area contributed by atoms with E-state index in [4.69, 9.17) is 0 Å². The van der Waals surface area contributed by atoms with Crippen LogP contribution in [-0.4, -0.2) is 26.4 Å². The summed E-state index contributed by atoms with van der Waals surface area (Å²) in [6, 6.07) is 0. The highest BCUT2D eigenvalue weighted by atomic mass is 127. The van der Waals surface area contributed by atoms with Gasteiger partial charge in [-0.3, -0.25) is 5.10 Å². The van der Waals surface area contributed by atoms with E-state index in [0.717, 1.165) is 25.9 Å². The first-order valence-corrected chi connectivity index (χ1v) is 4.74. The number of halogens is 1. The Hall–Kier alpha value is -0.100. The SMILES string of the molecule is IN1CCc2cn[nH]c2CC1. The molecule has 2 heterocycles. The minimum atomic E-state index is 1.11. The maximum atomic E-state index is 4.02. The molecule has 0 saturated heterocycles. The summed E-state index contributed by atoms with van der Waals surface area (Å²) in [5.74, 6) is 0. The van der Waals surface area contributed by atoms with Gasteiger partial charge in [-0.15, -0.1) is 0 Å². The Morgan fingerprint density at radius 1 is 1.45 bits per heavy atom. The minimum absolute atomic E-state index is 1.11. The van der Waals surface area contributed by atoms with Gasteiger partial charge < -0.3 is 0 Å². The number of hydrogen-bond donors (Lipinski definition) is 1. The summed E-state index contributed by atoms with van der Waals surface area (Å²) in [6.45, 7) is 2.28. The molecule has 1 aliphatic heterocycles. The molecular formula is C7H10IN3. The molecule has 0 spiro atoms. The van der Waals surface area contributed by atoms with Crippen molar-refractivity contribution in [2.24, 2.45) is 0 Å². The number of aromatic nitrogens is 2. The summed E-state index contributed by atoms with van der Waals surface area (Å²) in [5.41, 5.74) is 2.72. The quantitative estimate of drug-likeness (QED) is 0.562. The van der Waals surface area contributed by atoms with E-state index in [9.17, 15) is 0 Å². The molecule has 0 radical (unpaired) electrons. The molecule has 1 aromatic rings. The lowest BCUT2D eigenvalue weighted by Gasteiger charge is -2.07. The van der Waals surface area contributed by atoms with Crippen LogP contribution in [0.5, 0.6) is 0 Å². The number of hydrogen-bond acceptors (Lipinski definition) is 2. The van der Waals surface area contributed by atoms with Crippen molar-refractivity contribution < 1.29 is 0 Å². The Morgan fingerprint density at radius 2 is 2.27 bits per heavy atom. The topological polar surface area (TPSA) is 31.9 Å². The molecule has 0 aromatic carbocycles. The minimum Gasteiger partial charge on any atom is -0.282 e. The monoisotopic (exact) mass is 263 g/mol. The van der Waals surface area contributed by atoms with E-state index in [-0.39, 0.29) is 0 Å². The van der Waals surface area contributed by atoms with Crippen molar-refractivity contribution in [2.75, 3.05) is 13.1 Å². The smallest absolute Gasteiger partial charge is 0.0522 e. The van der Waals surface area contributed by atoms with Gasteiger partial charge in [0, 0.05) is 48.1 Å². The zero-order valence-corrected chi connectivity index (χ0v) is 8.34. The molecular weight excluding hydrogens is 253 g/mol. The molecule has 0 atom stereocenters. The number of fused-ring (bicyclic) bond motifs is 1. The fraction of sp³-hybridized carbons (Fsp3) is 0.571. The molecule has 2 rings (SSSR count). The van der Waals surface area contributed by atoms with Crippen molar-refractivity contribution >= 4 is 22.9 Å². The van der Waals surface area contributed by atoms with Crippen molar-refractivity contribution in [1.29, 1.82) is 0 Å². The average Bonchev–Trinajstić information content (AvgIpc) is 2.38. The predicted octanol–water partition coefficient (Wildman–Crippen LogP) is 1.16. The second kappa shape index (κ2) is 3.10. The lowest BCUT2D eigenvalue weighted by molar-refractivity contribution is 0.530. The standard InChI is InChI=1S/C7H10IN3/c8-11-3-1-6-5-9-10-7(6)2-4-11/h5H,1-4H2,(H,9,10). The zero-order valence-electron chi connectivity index (χ0n) is 6.18. The first-order valence-electron chi connectivity index (χ1n) is 3.78. The van der Waals surface area contributed by atoms with Crippen LogP contribution in [0.1, 0.15) is 11.3 Å². The molecule has 3 nitrogen and oxygen atoms in total. The van der Waals surface area contributed by atoms with E-state index >= 15 is 0 Å². The normalized spacial score (nSPS) is 19.4. The third-order valence-corrected chi connectivity index (χ3v) is 3.00. The Kier molecular flexibility index (Phi) is 2.13. The number of H-pyrrole nitrogens is 1. The number of aromatic amines is 1. The highest BCUT2D eigenvalue weighted by Crippen LogP contribution is 2.14. The van der Waals surface area contributed by atoms with Gasteiger partial charge in [0.05, 0.1) is 6.20 Å². The molecule has 1 N–H and O–H groups in total. The highest BCUT2D eigenvalue weighted by Gasteiger charge is 2.12. The molecule has 1 aliphatic rings. The zero-order chi connectivity index (χ0) is 7.68. The number of nitrogens with zero attached hydrogens (tertiary/aromatic N) is 2. The van der Waals surface area contributed by atoms with Gasteiger partial charge in [0.1, 0.15) is 0 Å². The van der Waals surface area contributed by atoms with Crippen LogP contribution in [0.4, 0.5) is 0 Å². The number of nitrogens with one attached hydrogen (secondary N) is 1. The van der Waals surface area contributed by atoms with Crippen LogP contribution < -0.4 is 0 Å². The molecule has 60 valence electrons. The molecule has 11 heavy (non-hydrogen) atoms. The van der Waals surface area contributed by atoms with Gasteiger partial charge in [-0.05, 0) is 12.0 Å². The Labute approximate surface area is 79.7 Å². The fourth-order valence-electron chi connectivity index (χ4n) is 1.36. The van der Waals surface area contributed by atoms with E-state index in [1.54, 1.807) is 0 Å². The average molecular weight is 263 g/mol. The van der Waals surface area contributed by atoms with Crippen molar-refractivity contribution in [2.45, 2.75) is 12.8 Å². The number of rotatable bonds is 0. The van der Waals surface area contributed by atoms with Crippen LogP contribution in [0.25, 0.3) is 0 Å². The van der Waals surface area contributed by atoms with Crippen LogP contribution in [0.2, 0.25) is 0 Å². The lowest BCUT2D eigenvalue weighted by Crippen LogP contribution is -2.14. The van der Waals surface area contributed by atoms with Gasteiger partial charge in [-0.2, -0.15) is 5.10 Å². The van der Waals surface area contributed by atoms with E-state index in [1.165, 1.54) is 11.3 Å². The molecule has 0 bridgehead atoms. The Morgan fingerprint density at radius 3 is 3.18 bits per heavy atom. The molecule has 4 heteroatoms. The van der Waals surface area contributed by atoms with Crippen LogP contribution in [0, 0.1) is 0 Å². The summed E-state index contributed by atoms with van der Waals surface area (Å²) >= 11 is 2.38. The van der Waals surface area contributed by atoms with Crippen LogP contribution in [0.15, 0.2) is 6.20 Å². The lowest BCUT2D eigenvalue weighted by atomic mass is 10.2. The molecule has 0 amide bonds. The molecule has 0 fully saturated rings. The van der Waals surface area contributed by atoms with Crippen molar-refractivity contribution in [3.05, 3.63) is 17.5 Å². The summed E-state index contributed by atoms with van der Waals surface area (Å²) < 4.78 is 2.33.